The molecule has 0 amide bonds. The molecule has 0 bridgehead atoms. The van der Waals surface area contributed by atoms with Crippen molar-refractivity contribution in [3.05, 3.63) is 108 Å². The fraction of sp³-hybridized carbons (Fsp3) is 0. The molecule has 2 heterocycles. The number of phenolic OH excluding ortho intramolecular Hbond substituents is 1. The fourth-order valence-electron chi connectivity index (χ4n) is 3.49. The van der Waals surface area contributed by atoms with Gasteiger partial charge in [0, 0.05) is 23.3 Å². The van der Waals surface area contributed by atoms with Crippen LogP contribution < -0.4 is 0 Å². The average molecular weight is 445 g/mol. The van der Waals surface area contributed by atoms with E-state index in [1.165, 1.54) is 10.9 Å². The van der Waals surface area contributed by atoms with E-state index in [4.69, 9.17) is 6.57 Å². The summed E-state index contributed by atoms with van der Waals surface area (Å²) >= 11 is 0. The highest BCUT2D eigenvalue weighted by Crippen LogP contribution is 2.41. The number of benzene rings is 3. The lowest BCUT2D eigenvalue weighted by Gasteiger charge is -2.10. The van der Waals surface area contributed by atoms with Gasteiger partial charge in [-0.25, -0.2) is 14.8 Å². The summed E-state index contributed by atoms with van der Waals surface area (Å²) in [5.74, 6) is -0.328. The number of ketones is 1. The molecule has 0 aliphatic heterocycles. The minimum Gasteiger partial charge on any atom is -0.505 e. The topological polar surface area (TPSA) is 110 Å². The minimum absolute atomic E-state index is 0.101. The first-order chi connectivity index (χ1) is 16.7. The van der Waals surface area contributed by atoms with Crippen LogP contribution in [0, 0.1) is 6.57 Å². The van der Waals surface area contributed by atoms with Crippen LogP contribution in [-0.4, -0.2) is 30.6 Å². The van der Waals surface area contributed by atoms with E-state index >= 15 is 0 Å². The average Bonchev–Trinajstić information content (AvgIpc) is 3.31. The van der Waals surface area contributed by atoms with E-state index in [1.54, 1.807) is 60.9 Å². The van der Waals surface area contributed by atoms with Gasteiger partial charge in [0.25, 0.3) is 11.6 Å². The molecule has 3 aromatic carbocycles. The molecule has 34 heavy (non-hydrogen) atoms. The van der Waals surface area contributed by atoms with Crippen molar-refractivity contribution in [3.8, 4) is 11.7 Å². The molecule has 162 valence electrons. The number of hydrogen-bond donors (Lipinski definition) is 1. The predicted molar refractivity (Wildman–Crippen MR) is 125 cm³/mol. The highest BCUT2D eigenvalue weighted by molar-refractivity contribution is 6.15. The quantitative estimate of drug-likeness (QED) is 0.211. The van der Waals surface area contributed by atoms with Crippen molar-refractivity contribution in [2.24, 2.45) is 10.2 Å². The van der Waals surface area contributed by atoms with Crippen LogP contribution in [0.15, 0.2) is 95.5 Å². The number of hydrogen-bond acceptors (Lipinski definition) is 7. The van der Waals surface area contributed by atoms with Gasteiger partial charge < -0.3 is 5.11 Å². The zero-order chi connectivity index (χ0) is 23.5. The predicted octanol–water partition coefficient (Wildman–Crippen LogP) is 5.72. The Balaban J connectivity index is 1.67. The van der Waals surface area contributed by atoms with E-state index in [0.717, 1.165) is 0 Å². The number of aromatic hydroxyl groups is 1. The molecule has 9 nitrogen and oxygen atoms in total. The molecule has 5 aromatic rings. The summed E-state index contributed by atoms with van der Waals surface area (Å²) < 4.78 is 1.29. The summed E-state index contributed by atoms with van der Waals surface area (Å²) in [6.07, 6.45) is 4.42. The molecule has 0 radical (unpaired) electrons. The van der Waals surface area contributed by atoms with E-state index in [9.17, 15) is 9.90 Å². The van der Waals surface area contributed by atoms with Gasteiger partial charge in [-0.1, -0.05) is 54.6 Å². The Morgan fingerprint density at radius 3 is 2.47 bits per heavy atom. The van der Waals surface area contributed by atoms with Gasteiger partial charge >= 0.3 is 0 Å². The van der Waals surface area contributed by atoms with Crippen molar-refractivity contribution in [2.45, 2.75) is 0 Å². The van der Waals surface area contributed by atoms with Gasteiger partial charge in [-0.05, 0) is 17.5 Å². The molecular formula is C25H15N7O2. The number of aromatic nitrogens is 4. The lowest BCUT2D eigenvalue weighted by atomic mass is 9.97. The first kappa shape index (κ1) is 20.7. The Morgan fingerprint density at radius 1 is 0.971 bits per heavy atom. The van der Waals surface area contributed by atoms with Crippen LogP contribution in [-0.2, 0) is 0 Å². The van der Waals surface area contributed by atoms with Gasteiger partial charge in [0.15, 0.2) is 17.4 Å². The van der Waals surface area contributed by atoms with Crippen molar-refractivity contribution in [2.75, 3.05) is 0 Å². The lowest BCUT2D eigenvalue weighted by Crippen LogP contribution is -2.02. The van der Waals surface area contributed by atoms with E-state index in [0.29, 0.717) is 16.3 Å². The maximum Gasteiger partial charge on any atom is 0.252 e. The number of carbonyl (C=O) groups excluding carboxylic acids is 1. The second kappa shape index (κ2) is 8.72. The van der Waals surface area contributed by atoms with Gasteiger partial charge in [-0.2, -0.15) is 9.78 Å². The number of phenols is 1. The van der Waals surface area contributed by atoms with Crippen molar-refractivity contribution in [1.82, 2.24) is 19.7 Å². The van der Waals surface area contributed by atoms with Gasteiger partial charge in [0.05, 0.1) is 18.3 Å². The maximum absolute atomic E-state index is 13.1. The second-order valence-corrected chi connectivity index (χ2v) is 7.16. The lowest BCUT2D eigenvalue weighted by molar-refractivity contribution is 0.103. The van der Waals surface area contributed by atoms with Gasteiger partial charge in [-0.15, -0.1) is 10.2 Å². The molecular weight excluding hydrogens is 430 g/mol. The smallest absolute Gasteiger partial charge is 0.252 e. The Bertz CT molecular complexity index is 1590. The monoisotopic (exact) mass is 445 g/mol. The Kier molecular flexibility index (Phi) is 5.30. The first-order valence-corrected chi connectivity index (χ1v) is 10.2. The maximum atomic E-state index is 13.1. The zero-order valence-electron chi connectivity index (χ0n) is 17.6. The van der Waals surface area contributed by atoms with Crippen LogP contribution in [0.2, 0.25) is 0 Å². The molecule has 0 aliphatic carbocycles. The molecule has 1 N–H and O–H groups in total. The zero-order valence-corrected chi connectivity index (χ0v) is 17.6. The SMILES string of the molecule is [C-]#[N+]c1cnn(-c2ncccn2)c1/N=N/c1c(O)c(C(=O)c2ccccc2)cc2ccccc12. The van der Waals surface area contributed by atoms with Gasteiger partial charge in [0.2, 0.25) is 0 Å². The second-order valence-electron chi connectivity index (χ2n) is 7.16. The first-order valence-electron chi connectivity index (χ1n) is 10.2. The molecule has 0 saturated carbocycles. The van der Waals surface area contributed by atoms with E-state index in [2.05, 4.69) is 30.1 Å². The van der Waals surface area contributed by atoms with E-state index in [-0.39, 0.29) is 40.2 Å². The summed E-state index contributed by atoms with van der Waals surface area (Å²) in [5.41, 5.74) is 0.779. The van der Waals surface area contributed by atoms with Crippen LogP contribution in [0.5, 0.6) is 5.75 Å². The highest BCUT2D eigenvalue weighted by atomic mass is 16.3. The van der Waals surface area contributed by atoms with Crippen molar-refractivity contribution in [1.29, 1.82) is 0 Å². The highest BCUT2D eigenvalue weighted by Gasteiger charge is 2.20. The third-order valence-electron chi connectivity index (χ3n) is 5.11. The largest absolute Gasteiger partial charge is 0.505 e. The number of rotatable bonds is 5. The van der Waals surface area contributed by atoms with Crippen LogP contribution >= 0.6 is 0 Å². The third kappa shape index (κ3) is 3.65. The molecule has 2 aromatic heterocycles. The number of carbonyl (C=O) groups is 1. The van der Waals surface area contributed by atoms with E-state index < -0.39 is 0 Å². The summed E-state index contributed by atoms with van der Waals surface area (Å²) in [6.45, 7) is 7.44. The number of nitrogens with zero attached hydrogens (tertiary/aromatic N) is 7. The van der Waals surface area contributed by atoms with Crippen LogP contribution in [0.4, 0.5) is 17.2 Å². The van der Waals surface area contributed by atoms with Crippen LogP contribution in [0.3, 0.4) is 0 Å². The van der Waals surface area contributed by atoms with Crippen LogP contribution in [0.1, 0.15) is 15.9 Å². The van der Waals surface area contributed by atoms with Crippen LogP contribution in [0.25, 0.3) is 21.6 Å². The molecule has 0 aliphatic rings. The van der Waals surface area contributed by atoms with E-state index in [1.807, 2.05) is 18.2 Å². The van der Waals surface area contributed by atoms with Crippen molar-refractivity contribution in [3.63, 3.8) is 0 Å². The molecule has 0 unspecified atom stereocenters. The number of azo groups is 1. The summed E-state index contributed by atoms with van der Waals surface area (Å²) in [5, 5.41) is 25.0. The van der Waals surface area contributed by atoms with Crippen molar-refractivity contribution < 1.29 is 9.90 Å². The summed E-state index contributed by atoms with van der Waals surface area (Å²) in [6, 6.07) is 19.2. The van der Waals surface area contributed by atoms with Crippen molar-refractivity contribution >= 4 is 33.7 Å². The van der Waals surface area contributed by atoms with Gasteiger partial charge in [-0.3, -0.25) is 4.79 Å². The number of fused-ring (bicyclic) bond motifs is 1. The molecule has 0 saturated heterocycles. The van der Waals surface area contributed by atoms with Gasteiger partial charge in [0.1, 0.15) is 5.69 Å². The summed E-state index contributed by atoms with van der Waals surface area (Å²) in [4.78, 5) is 24.9. The molecule has 9 heteroatoms. The molecule has 0 atom stereocenters. The third-order valence-corrected chi connectivity index (χ3v) is 5.11. The molecule has 0 spiro atoms. The Morgan fingerprint density at radius 2 is 1.71 bits per heavy atom. The molecule has 0 fully saturated rings. The molecule has 5 rings (SSSR count). The standard InChI is InChI=1S/C25H15N7O2/c1-26-20-15-29-32(25-27-12-7-13-28-25)24(20)31-30-21-18-11-6-5-10-17(18)14-19(23(21)34)22(33)16-8-3-2-4-9-16/h2-15,34H/b31-30+. The normalized spacial score (nSPS) is 11.0. The fourth-order valence-corrected chi connectivity index (χ4v) is 3.49. The Labute approximate surface area is 193 Å². The minimum atomic E-state index is -0.343. The Hall–Kier alpha value is -5.23. The summed E-state index contributed by atoms with van der Waals surface area (Å²) in [7, 11) is 0.